The van der Waals surface area contributed by atoms with Gasteiger partial charge in [-0.15, -0.1) is 10.2 Å². The van der Waals surface area contributed by atoms with Crippen molar-refractivity contribution in [2.75, 3.05) is 11.9 Å². The van der Waals surface area contributed by atoms with Gasteiger partial charge >= 0.3 is 6.61 Å². The maximum atomic E-state index is 12.6. The molecular formula is C18H16ClF2N5O3. The number of ether oxygens (including phenoxy) is 2. The van der Waals surface area contributed by atoms with Gasteiger partial charge in [0.15, 0.2) is 5.82 Å². The van der Waals surface area contributed by atoms with Crippen LogP contribution in [0.4, 0.5) is 14.5 Å². The van der Waals surface area contributed by atoms with Gasteiger partial charge < -0.3 is 14.8 Å². The Kier molecular flexibility index (Phi) is 6.23. The summed E-state index contributed by atoms with van der Waals surface area (Å²) in [6.07, 6.45) is 1.39. The van der Waals surface area contributed by atoms with Crippen LogP contribution in [0, 0.1) is 6.92 Å². The van der Waals surface area contributed by atoms with Crippen LogP contribution in [-0.2, 0) is 0 Å². The predicted molar refractivity (Wildman–Crippen MR) is 101 cm³/mol. The number of hydrogen-bond acceptors (Lipinski definition) is 6. The van der Waals surface area contributed by atoms with E-state index in [2.05, 4.69) is 25.3 Å². The smallest absolute Gasteiger partial charge is 0.387 e. The zero-order valence-corrected chi connectivity index (χ0v) is 16.2. The van der Waals surface area contributed by atoms with Gasteiger partial charge in [-0.05, 0) is 38.1 Å². The number of carbonyl (C=O) groups excluding carboxylic acids is 1. The van der Waals surface area contributed by atoms with Crippen molar-refractivity contribution in [1.82, 2.24) is 20.0 Å². The first-order valence-corrected chi connectivity index (χ1v) is 8.84. The molecule has 1 amide bonds. The summed E-state index contributed by atoms with van der Waals surface area (Å²) in [6.45, 7) is 1.02. The fourth-order valence-corrected chi connectivity index (χ4v) is 2.71. The van der Waals surface area contributed by atoms with E-state index in [4.69, 9.17) is 16.3 Å². The number of benzene rings is 1. The minimum absolute atomic E-state index is 0.0554. The number of nitrogens with one attached hydrogen (secondary N) is 1. The molecule has 0 bridgehead atoms. The summed E-state index contributed by atoms with van der Waals surface area (Å²) in [4.78, 5) is 12.6. The molecule has 0 unspecified atom stereocenters. The zero-order chi connectivity index (χ0) is 21.0. The maximum Gasteiger partial charge on any atom is 0.387 e. The topological polar surface area (TPSA) is 91.2 Å². The van der Waals surface area contributed by atoms with Crippen molar-refractivity contribution in [2.45, 2.75) is 20.5 Å². The minimum Gasteiger partial charge on any atom is -0.477 e. The standard InChI is InChI=1S/C18H16ClF2N5O3/c1-3-28-16-7-6-15(24-25-16)26-10(2)12(9-22-26)17(27)23-11-4-5-14(13(19)8-11)29-18(20)21/h4-9,18H,3H2,1-2H3,(H,23,27). The number of aromatic nitrogens is 4. The van der Waals surface area contributed by atoms with Gasteiger partial charge in [-0.25, -0.2) is 4.68 Å². The van der Waals surface area contributed by atoms with Crippen LogP contribution in [0.3, 0.4) is 0 Å². The highest BCUT2D eigenvalue weighted by Gasteiger charge is 2.17. The highest BCUT2D eigenvalue weighted by atomic mass is 35.5. The lowest BCUT2D eigenvalue weighted by Crippen LogP contribution is -2.13. The van der Waals surface area contributed by atoms with E-state index in [1.165, 1.54) is 29.1 Å². The van der Waals surface area contributed by atoms with Crippen molar-refractivity contribution < 1.29 is 23.0 Å². The Labute approximate surface area is 169 Å². The number of hydrogen-bond donors (Lipinski definition) is 1. The average Bonchev–Trinajstić information content (AvgIpc) is 3.06. The summed E-state index contributed by atoms with van der Waals surface area (Å²) in [6, 6.07) is 7.28. The molecule has 152 valence electrons. The Balaban J connectivity index is 1.76. The zero-order valence-electron chi connectivity index (χ0n) is 15.4. The third-order valence-electron chi connectivity index (χ3n) is 3.80. The SMILES string of the molecule is CCOc1ccc(-n2ncc(C(=O)Nc3ccc(OC(F)F)c(Cl)c3)c2C)nn1. The molecule has 11 heteroatoms. The molecule has 0 aliphatic rings. The second-order valence-corrected chi connectivity index (χ2v) is 6.10. The van der Waals surface area contributed by atoms with Gasteiger partial charge in [0, 0.05) is 11.8 Å². The number of carbonyl (C=O) groups is 1. The van der Waals surface area contributed by atoms with Crippen LogP contribution in [-0.4, -0.2) is 39.1 Å². The van der Waals surface area contributed by atoms with E-state index < -0.39 is 12.5 Å². The molecule has 3 rings (SSSR count). The predicted octanol–water partition coefficient (Wildman–Crippen LogP) is 3.88. The van der Waals surface area contributed by atoms with Crippen LogP contribution in [0.25, 0.3) is 5.82 Å². The van der Waals surface area contributed by atoms with Crippen LogP contribution in [0.1, 0.15) is 23.0 Å². The number of halogens is 3. The van der Waals surface area contributed by atoms with Crippen molar-refractivity contribution in [3.05, 3.63) is 52.8 Å². The van der Waals surface area contributed by atoms with Gasteiger partial charge in [-0.2, -0.15) is 13.9 Å². The average molecular weight is 424 g/mol. The fourth-order valence-electron chi connectivity index (χ4n) is 2.48. The molecule has 0 fully saturated rings. The van der Waals surface area contributed by atoms with Crippen molar-refractivity contribution in [1.29, 1.82) is 0 Å². The normalized spacial score (nSPS) is 10.8. The van der Waals surface area contributed by atoms with E-state index in [-0.39, 0.29) is 10.8 Å². The molecule has 0 atom stereocenters. The van der Waals surface area contributed by atoms with E-state index in [0.717, 1.165) is 0 Å². The second kappa shape index (κ2) is 8.82. The van der Waals surface area contributed by atoms with Gasteiger partial charge in [-0.1, -0.05) is 11.6 Å². The van der Waals surface area contributed by atoms with Crippen molar-refractivity contribution >= 4 is 23.2 Å². The first kappa shape index (κ1) is 20.5. The molecule has 1 N–H and O–H groups in total. The molecule has 29 heavy (non-hydrogen) atoms. The van der Waals surface area contributed by atoms with Crippen LogP contribution in [0.15, 0.2) is 36.5 Å². The third kappa shape index (κ3) is 4.77. The van der Waals surface area contributed by atoms with Crippen LogP contribution in [0.5, 0.6) is 11.6 Å². The number of nitrogens with zero attached hydrogens (tertiary/aromatic N) is 4. The first-order chi connectivity index (χ1) is 13.9. The van der Waals surface area contributed by atoms with Gasteiger partial charge in [0.05, 0.1) is 29.1 Å². The minimum atomic E-state index is -2.99. The van der Waals surface area contributed by atoms with E-state index in [1.807, 2.05) is 6.92 Å². The van der Waals surface area contributed by atoms with E-state index in [1.54, 1.807) is 19.1 Å². The number of anilines is 1. The molecule has 0 aliphatic heterocycles. The molecule has 0 saturated carbocycles. The molecule has 3 aromatic rings. The summed E-state index contributed by atoms with van der Waals surface area (Å²) < 4.78 is 35.6. The number of alkyl halides is 2. The lowest BCUT2D eigenvalue weighted by Gasteiger charge is -2.09. The summed E-state index contributed by atoms with van der Waals surface area (Å²) in [5.74, 6) is 0.167. The van der Waals surface area contributed by atoms with Crippen molar-refractivity contribution in [2.24, 2.45) is 0 Å². The molecule has 2 aromatic heterocycles. The summed E-state index contributed by atoms with van der Waals surface area (Å²) >= 11 is 5.90. The Bertz CT molecular complexity index is 1010. The van der Waals surface area contributed by atoms with E-state index >= 15 is 0 Å². The van der Waals surface area contributed by atoms with E-state index in [0.29, 0.717) is 35.2 Å². The van der Waals surface area contributed by atoms with Crippen LogP contribution >= 0.6 is 11.6 Å². The quantitative estimate of drug-likeness (QED) is 0.620. The van der Waals surface area contributed by atoms with Gasteiger partial charge in [-0.3, -0.25) is 4.79 Å². The van der Waals surface area contributed by atoms with Crippen molar-refractivity contribution in [3.63, 3.8) is 0 Å². The molecule has 2 heterocycles. The molecule has 8 nitrogen and oxygen atoms in total. The first-order valence-electron chi connectivity index (χ1n) is 8.46. The highest BCUT2D eigenvalue weighted by Crippen LogP contribution is 2.29. The monoisotopic (exact) mass is 423 g/mol. The molecule has 0 aliphatic carbocycles. The van der Waals surface area contributed by atoms with Gasteiger partial charge in [0.25, 0.3) is 5.91 Å². The van der Waals surface area contributed by atoms with Crippen molar-refractivity contribution in [3.8, 4) is 17.4 Å². The molecular weight excluding hydrogens is 408 g/mol. The molecule has 0 saturated heterocycles. The van der Waals surface area contributed by atoms with Gasteiger partial charge in [0.1, 0.15) is 5.75 Å². The lowest BCUT2D eigenvalue weighted by molar-refractivity contribution is -0.0497. The second-order valence-electron chi connectivity index (χ2n) is 5.70. The molecule has 0 spiro atoms. The Morgan fingerprint density at radius 3 is 2.69 bits per heavy atom. The third-order valence-corrected chi connectivity index (χ3v) is 4.09. The maximum absolute atomic E-state index is 12.6. The Morgan fingerprint density at radius 1 is 1.28 bits per heavy atom. The lowest BCUT2D eigenvalue weighted by atomic mass is 10.2. The highest BCUT2D eigenvalue weighted by molar-refractivity contribution is 6.32. The number of rotatable bonds is 7. The Morgan fingerprint density at radius 2 is 2.07 bits per heavy atom. The Hall–Kier alpha value is -3.27. The van der Waals surface area contributed by atoms with Crippen LogP contribution in [0.2, 0.25) is 5.02 Å². The number of amides is 1. The summed E-state index contributed by atoms with van der Waals surface area (Å²) in [5.41, 5.74) is 1.14. The van der Waals surface area contributed by atoms with E-state index in [9.17, 15) is 13.6 Å². The fraction of sp³-hybridized carbons (Fsp3) is 0.222. The summed E-state index contributed by atoms with van der Waals surface area (Å²) in [7, 11) is 0. The van der Waals surface area contributed by atoms with Crippen LogP contribution < -0.4 is 14.8 Å². The molecule has 1 aromatic carbocycles. The molecule has 0 radical (unpaired) electrons. The largest absolute Gasteiger partial charge is 0.477 e. The van der Waals surface area contributed by atoms with Gasteiger partial charge in [0.2, 0.25) is 5.88 Å². The summed E-state index contributed by atoms with van der Waals surface area (Å²) in [5, 5.41) is 14.7.